The highest BCUT2D eigenvalue weighted by Gasteiger charge is 2.06. The number of phenolic OH excluding ortho intramolecular Hbond substituents is 1. The molecule has 4 nitrogen and oxygen atoms in total. The Hall–Kier alpha value is -1.26. The number of nitrogens with two attached hydrogens (primary N) is 1. The first-order valence-electron chi connectivity index (χ1n) is 4.04. The number of hydrogen-bond acceptors (Lipinski definition) is 2. The summed E-state index contributed by atoms with van der Waals surface area (Å²) in [6.07, 6.45) is 1.80. The van der Waals surface area contributed by atoms with Gasteiger partial charge in [-0.25, -0.2) is 4.99 Å². The Morgan fingerprint density at radius 2 is 2.00 bits per heavy atom. The molecule has 0 atom stereocenters. The largest absolute Gasteiger partial charge is 0.508 e. The monoisotopic (exact) mass is 245 g/mol. The van der Waals surface area contributed by atoms with Gasteiger partial charge in [0.2, 0.25) is 5.96 Å². The number of guanidine groups is 1. The van der Waals surface area contributed by atoms with Crippen molar-refractivity contribution in [1.82, 2.24) is 0 Å². The third-order valence-electron chi connectivity index (χ3n) is 1.65. The molecule has 0 unspecified atom stereocenters. The van der Waals surface area contributed by atoms with E-state index >= 15 is 0 Å². The molecule has 0 heterocycles. The van der Waals surface area contributed by atoms with Crippen molar-refractivity contribution in [2.24, 2.45) is 10.7 Å². The molecule has 1 rings (SSSR count). The molecular weight excluding hydrogens is 237 g/mol. The van der Waals surface area contributed by atoms with Crippen molar-refractivity contribution < 1.29 is 5.11 Å². The van der Waals surface area contributed by atoms with E-state index in [2.05, 4.69) is 4.99 Å². The number of aromatic hydroxyl groups is 1. The van der Waals surface area contributed by atoms with Gasteiger partial charge in [0, 0.05) is 22.7 Å². The maximum atomic E-state index is 9.18. The lowest BCUT2D eigenvalue weighted by molar-refractivity contribution is 0.475. The van der Waals surface area contributed by atoms with Crippen LogP contribution in [0.3, 0.4) is 0 Å². The third-order valence-corrected chi connectivity index (χ3v) is 2.33. The summed E-state index contributed by atoms with van der Waals surface area (Å²) in [6.45, 7) is 0. The van der Waals surface area contributed by atoms with Crippen LogP contribution in [0.25, 0.3) is 0 Å². The molecule has 15 heavy (non-hydrogen) atoms. The van der Waals surface area contributed by atoms with Crippen LogP contribution in [0, 0.1) is 5.41 Å². The van der Waals surface area contributed by atoms with Gasteiger partial charge in [-0.2, -0.15) is 0 Å². The summed E-state index contributed by atoms with van der Waals surface area (Å²) in [4.78, 5) is 3.58. The zero-order valence-corrected chi connectivity index (χ0v) is 9.18. The van der Waals surface area contributed by atoms with Crippen molar-refractivity contribution in [2.75, 3.05) is 0 Å². The van der Waals surface area contributed by atoms with Gasteiger partial charge in [0.25, 0.3) is 0 Å². The smallest absolute Gasteiger partial charge is 0.212 e. The Balaban J connectivity index is 2.90. The van der Waals surface area contributed by atoms with Gasteiger partial charge in [-0.1, -0.05) is 23.2 Å². The molecule has 0 fully saturated rings. The molecule has 80 valence electrons. The zero-order valence-electron chi connectivity index (χ0n) is 7.67. The van der Waals surface area contributed by atoms with Crippen LogP contribution in [0.5, 0.6) is 5.75 Å². The van der Waals surface area contributed by atoms with E-state index in [0.29, 0.717) is 22.0 Å². The van der Waals surface area contributed by atoms with Crippen LogP contribution >= 0.6 is 23.2 Å². The molecule has 1 aromatic rings. The lowest BCUT2D eigenvalue weighted by atomic mass is 10.1. The molecule has 0 saturated heterocycles. The molecule has 0 spiro atoms. The van der Waals surface area contributed by atoms with Crippen LogP contribution in [0.2, 0.25) is 10.0 Å². The molecule has 0 bridgehead atoms. The number of hydrogen-bond donors (Lipinski definition) is 3. The van der Waals surface area contributed by atoms with E-state index in [-0.39, 0.29) is 11.7 Å². The van der Waals surface area contributed by atoms with Gasteiger partial charge in [0.15, 0.2) is 0 Å². The standard InChI is InChI=1S/C9H9Cl2N3O/c10-7-3-5(15)4-8(11)6(7)1-2-14-9(12)13/h2-4,15H,1H2,(H3,12,13). The summed E-state index contributed by atoms with van der Waals surface area (Å²) >= 11 is 11.7. The number of halogens is 2. The van der Waals surface area contributed by atoms with Crippen molar-refractivity contribution in [2.45, 2.75) is 6.42 Å². The number of nitrogens with one attached hydrogen (secondary N) is 1. The van der Waals surface area contributed by atoms with Gasteiger partial charge in [0.1, 0.15) is 5.75 Å². The van der Waals surface area contributed by atoms with E-state index in [0.717, 1.165) is 0 Å². The quantitative estimate of drug-likeness (QED) is 0.552. The van der Waals surface area contributed by atoms with E-state index in [1.165, 1.54) is 18.3 Å². The minimum atomic E-state index is -0.277. The number of aliphatic imine (C=N–C) groups is 1. The average Bonchev–Trinajstić information content (AvgIpc) is 2.08. The van der Waals surface area contributed by atoms with Crippen LogP contribution in [-0.2, 0) is 6.42 Å². The zero-order chi connectivity index (χ0) is 11.4. The fraction of sp³-hybridized carbons (Fsp3) is 0.111. The van der Waals surface area contributed by atoms with Crippen molar-refractivity contribution in [3.8, 4) is 5.75 Å². The SMILES string of the molecule is N=C(N)N=CCc1c(Cl)cc(O)cc1Cl. The van der Waals surface area contributed by atoms with Crippen LogP contribution in [0.4, 0.5) is 0 Å². The molecule has 0 aromatic heterocycles. The molecule has 6 heteroatoms. The Bertz CT molecular complexity index is 395. The van der Waals surface area contributed by atoms with E-state index in [4.69, 9.17) is 34.3 Å². The maximum absolute atomic E-state index is 9.18. The highest BCUT2D eigenvalue weighted by atomic mass is 35.5. The summed E-state index contributed by atoms with van der Waals surface area (Å²) in [5, 5.41) is 16.8. The van der Waals surface area contributed by atoms with Gasteiger partial charge >= 0.3 is 0 Å². The van der Waals surface area contributed by atoms with Crippen molar-refractivity contribution >= 4 is 35.4 Å². The number of benzene rings is 1. The number of phenols is 1. The van der Waals surface area contributed by atoms with E-state index in [1.54, 1.807) is 0 Å². The van der Waals surface area contributed by atoms with Crippen molar-refractivity contribution in [1.29, 1.82) is 5.41 Å². The Morgan fingerprint density at radius 1 is 1.47 bits per heavy atom. The summed E-state index contributed by atoms with van der Waals surface area (Å²) < 4.78 is 0. The molecule has 4 N–H and O–H groups in total. The van der Waals surface area contributed by atoms with Gasteiger partial charge in [0.05, 0.1) is 0 Å². The third kappa shape index (κ3) is 3.42. The van der Waals surface area contributed by atoms with Crippen molar-refractivity contribution in [3.63, 3.8) is 0 Å². The Morgan fingerprint density at radius 3 is 2.47 bits per heavy atom. The Kier molecular flexibility index (Phi) is 3.94. The summed E-state index contributed by atoms with van der Waals surface area (Å²) in [5.41, 5.74) is 5.68. The average molecular weight is 246 g/mol. The first kappa shape index (κ1) is 11.8. The summed E-state index contributed by atoms with van der Waals surface area (Å²) in [5.74, 6) is -0.265. The normalized spacial score (nSPS) is 10.8. The van der Waals surface area contributed by atoms with E-state index in [1.807, 2.05) is 0 Å². The van der Waals surface area contributed by atoms with Crippen LogP contribution in [0.1, 0.15) is 5.56 Å². The van der Waals surface area contributed by atoms with Crippen molar-refractivity contribution in [3.05, 3.63) is 27.7 Å². The highest BCUT2D eigenvalue weighted by Crippen LogP contribution is 2.29. The van der Waals surface area contributed by atoms with Gasteiger partial charge < -0.3 is 10.8 Å². The Labute approximate surface area is 96.8 Å². The predicted octanol–water partition coefficient (Wildman–Crippen LogP) is 2.21. The molecule has 0 radical (unpaired) electrons. The van der Waals surface area contributed by atoms with Gasteiger partial charge in [-0.3, -0.25) is 5.41 Å². The highest BCUT2D eigenvalue weighted by molar-refractivity contribution is 6.36. The van der Waals surface area contributed by atoms with E-state index < -0.39 is 0 Å². The van der Waals surface area contributed by atoms with Crippen LogP contribution < -0.4 is 5.73 Å². The minimum absolute atomic E-state index is 0.0113. The maximum Gasteiger partial charge on any atom is 0.212 e. The molecule has 1 aromatic carbocycles. The van der Waals surface area contributed by atoms with E-state index in [9.17, 15) is 5.11 Å². The summed E-state index contributed by atoms with van der Waals surface area (Å²) in [7, 11) is 0. The van der Waals surface area contributed by atoms with Crippen LogP contribution in [0.15, 0.2) is 17.1 Å². The summed E-state index contributed by atoms with van der Waals surface area (Å²) in [6, 6.07) is 2.79. The topological polar surface area (TPSA) is 82.5 Å². The molecular formula is C9H9Cl2N3O. The number of rotatable bonds is 2. The fourth-order valence-electron chi connectivity index (χ4n) is 1.02. The second-order valence-electron chi connectivity index (χ2n) is 2.79. The molecule has 0 saturated carbocycles. The molecule has 0 aliphatic carbocycles. The first-order chi connectivity index (χ1) is 7.00. The van der Waals surface area contributed by atoms with Gasteiger partial charge in [-0.15, -0.1) is 0 Å². The number of nitrogens with zero attached hydrogens (tertiary/aromatic N) is 1. The second kappa shape index (κ2) is 5.00. The lowest BCUT2D eigenvalue weighted by Gasteiger charge is -2.04. The molecule has 0 aliphatic rings. The fourth-order valence-corrected chi connectivity index (χ4v) is 1.65. The lowest BCUT2D eigenvalue weighted by Crippen LogP contribution is -2.06. The minimum Gasteiger partial charge on any atom is -0.508 e. The predicted molar refractivity (Wildman–Crippen MR) is 62.2 cm³/mol. The van der Waals surface area contributed by atoms with Crippen LogP contribution in [-0.4, -0.2) is 17.3 Å². The van der Waals surface area contributed by atoms with Gasteiger partial charge in [-0.05, 0) is 17.7 Å². The first-order valence-corrected chi connectivity index (χ1v) is 4.79. The second-order valence-corrected chi connectivity index (χ2v) is 3.60. The molecule has 0 aliphatic heterocycles. The molecule has 0 amide bonds.